The minimum atomic E-state index is -4.04. The molecule has 0 aliphatic heterocycles. The topological polar surface area (TPSA) is 72.2 Å². The molecule has 18 heavy (non-hydrogen) atoms. The molecule has 0 atom stereocenters. The molecule has 0 fully saturated rings. The minimum Gasteiger partial charge on any atom is -0.324 e. The smallest absolute Gasteiger partial charge is 0.243 e. The van der Waals surface area contributed by atoms with Crippen molar-refractivity contribution in [2.45, 2.75) is 31.2 Å². The van der Waals surface area contributed by atoms with Crippen molar-refractivity contribution in [3.8, 4) is 0 Å². The summed E-state index contributed by atoms with van der Waals surface area (Å²) in [5, 5.41) is 0. The van der Waals surface area contributed by atoms with Gasteiger partial charge in [0.05, 0.1) is 0 Å². The first-order chi connectivity index (χ1) is 8.03. The van der Waals surface area contributed by atoms with E-state index < -0.39 is 32.1 Å². The second-order valence-corrected chi connectivity index (χ2v) is 6.58. The second kappa shape index (κ2) is 4.91. The SMILES string of the molecule is Cc1cc(S(=O)(=O)NCC(C)(C)N)c(F)cc1F. The summed E-state index contributed by atoms with van der Waals surface area (Å²) in [5.74, 6) is -1.91. The number of sulfonamides is 1. The van der Waals surface area contributed by atoms with Gasteiger partial charge in [0.25, 0.3) is 0 Å². The molecular formula is C11H16F2N2O2S. The van der Waals surface area contributed by atoms with Crippen molar-refractivity contribution in [2.24, 2.45) is 5.73 Å². The summed E-state index contributed by atoms with van der Waals surface area (Å²) in [7, 11) is -4.04. The quantitative estimate of drug-likeness (QED) is 0.871. The molecule has 7 heteroatoms. The number of hydrogen-bond acceptors (Lipinski definition) is 3. The first kappa shape index (κ1) is 15.0. The van der Waals surface area contributed by atoms with Crippen LogP contribution in [0.25, 0.3) is 0 Å². The Morgan fingerprint density at radius 1 is 1.28 bits per heavy atom. The number of halogens is 2. The number of aryl methyl sites for hydroxylation is 1. The van der Waals surface area contributed by atoms with Crippen LogP contribution in [0.5, 0.6) is 0 Å². The van der Waals surface area contributed by atoms with Crippen molar-refractivity contribution in [2.75, 3.05) is 6.54 Å². The third-order valence-electron chi connectivity index (χ3n) is 2.22. The van der Waals surface area contributed by atoms with Crippen LogP contribution in [0.4, 0.5) is 8.78 Å². The highest BCUT2D eigenvalue weighted by molar-refractivity contribution is 7.89. The molecule has 1 rings (SSSR count). The fraction of sp³-hybridized carbons (Fsp3) is 0.455. The highest BCUT2D eigenvalue weighted by atomic mass is 32.2. The Balaban J connectivity index is 3.10. The van der Waals surface area contributed by atoms with Crippen LogP contribution in [-0.4, -0.2) is 20.5 Å². The molecule has 4 nitrogen and oxygen atoms in total. The van der Waals surface area contributed by atoms with Crippen LogP contribution < -0.4 is 10.5 Å². The number of hydrogen-bond donors (Lipinski definition) is 2. The van der Waals surface area contributed by atoms with Gasteiger partial charge in [-0.2, -0.15) is 0 Å². The van der Waals surface area contributed by atoms with Crippen LogP contribution in [0.1, 0.15) is 19.4 Å². The average Bonchev–Trinajstić information content (AvgIpc) is 2.19. The Morgan fingerprint density at radius 3 is 2.33 bits per heavy atom. The van der Waals surface area contributed by atoms with E-state index in [9.17, 15) is 17.2 Å². The first-order valence-corrected chi connectivity index (χ1v) is 6.75. The zero-order chi connectivity index (χ0) is 14.1. The van der Waals surface area contributed by atoms with E-state index in [0.29, 0.717) is 6.07 Å². The molecule has 0 amide bonds. The Kier molecular flexibility index (Phi) is 4.09. The molecule has 102 valence electrons. The van der Waals surface area contributed by atoms with E-state index in [1.165, 1.54) is 6.92 Å². The molecule has 0 aliphatic carbocycles. The number of benzene rings is 1. The molecule has 0 heterocycles. The molecule has 0 spiro atoms. The van der Waals surface area contributed by atoms with Crippen molar-refractivity contribution in [3.05, 3.63) is 29.3 Å². The van der Waals surface area contributed by atoms with E-state index in [0.717, 1.165) is 6.07 Å². The number of rotatable bonds is 4. The standard InChI is InChI=1S/C11H16F2N2O2S/c1-7-4-10(9(13)5-8(7)12)18(16,17)15-6-11(2,3)14/h4-5,15H,6,14H2,1-3H3. The third-order valence-corrected chi connectivity index (χ3v) is 3.64. The lowest BCUT2D eigenvalue weighted by Crippen LogP contribution is -2.45. The molecule has 1 aromatic carbocycles. The van der Waals surface area contributed by atoms with Gasteiger partial charge in [-0.3, -0.25) is 0 Å². The normalized spacial score (nSPS) is 12.8. The first-order valence-electron chi connectivity index (χ1n) is 5.27. The Morgan fingerprint density at radius 2 is 1.83 bits per heavy atom. The van der Waals surface area contributed by atoms with E-state index >= 15 is 0 Å². The summed E-state index contributed by atoms with van der Waals surface area (Å²) in [6.07, 6.45) is 0. The van der Waals surface area contributed by atoms with Crippen LogP contribution in [0.2, 0.25) is 0 Å². The lowest BCUT2D eigenvalue weighted by molar-refractivity contribution is 0.493. The Labute approximate surface area is 105 Å². The number of nitrogens with two attached hydrogens (primary N) is 1. The molecule has 0 unspecified atom stereocenters. The molecule has 0 saturated carbocycles. The Hall–Kier alpha value is -1.05. The van der Waals surface area contributed by atoms with E-state index in [1.54, 1.807) is 13.8 Å². The van der Waals surface area contributed by atoms with Gasteiger partial charge in [-0.25, -0.2) is 21.9 Å². The van der Waals surface area contributed by atoms with Gasteiger partial charge in [0.2, 0.25) is 10.0 Å². The molecule has 0 saturated heterocycles. The fourth-order valence-electron chi connectivity index (χ4n) is 1.20. The molecule has 3 N–H and O–H groups in total. The van der Waals surface area contributed by atoms with Gasteiger partial charge in [0.1, 0.15) is 16.5 Å². The summed E-state index contributed by atoms with van der Waals surface area (Å²) in [6.45, 7) is 4.56. The van der Waals surface area contributed by atoms with Crippen LogP contribution in [-0.2, 0) is 10.0 Å². The lowest BCUT2D eigenvalue weighted by atomic mass is 10.1. The Bertz CT molecular complexity index is 551. The van der Waals surface area contributed by atoms with Gasteiger partial charge in [0, 0.05) is 18.2 Å². The second-order valence-electron chi connectivity index (χ2n) is 4.84. The zero-order valence-corrected chi connectivity index (χ0v) is 11.2. The zero-order valence-electron chi connectivity index (χ0n) is 10.4. The van der Waals surface area contributed by atoms with Gasteiger partial charge in [-0.1, -0.05) is 0 Å². The average molecular weight is 278 g/mol. The van der Waals surface area contributed by atoms with Crippen LogP contribution in [0.3, 0.4) is 0 Å². The maximum absolute atomic E-state index is 13.5. The molecule has 0 radical (unpaired) electrons. The maximum Gasteiger partial charge on any atom is 0.243 e. The van der Waals surface area contributed by atoms with Crippen LogP contribution in [0, 0.1) is 18.6 Å². The molecule has 0 aliphatic rings. The predicted molar refractivity (Wildman–Crippen MR) is 64.5 cm³/mol. The van der Waals surface area contributed by atoms with Crippen molar-refractivity contribution in [1.29, 1.82) is 0 Å². The van der Waals surface area contributed by atoms with Gasteiger partial charge >= 0.3 is 0 Å². The monoisotopic (exact) mass is 278 g/mol. The highest BCUT2D eigenvalue weighted by Gasteiger charge is 2.23. The maximum atomic E-state index is 13.5. The summed E-state index contributed by atoms with van der Waals surface area (Å²) in [6, 6.07) is 1.51. The van der Waals surface area contributed by atoms with Gasteiger partial charge < -0.3 is 5.73 Å². The minimum absolute atomic E-state index is 0.0504. The fourth-order valence-corrected chi connectivity index (χ4v) is 2.56. The van der Waals surface area contributed by atoms with Crippen LogP contribution >= 0.6 is 0 Å². The van der Waals surface area contributed by atoms with Crippen molar-refractivity contribution in [1.82, 2.24) is 4.72 Å². The van der Waals surface area contributed by atoms with E-state index in [-0.39, 0.29) is 12.1 Å². The molecular weight excluding hydrogens is 262 g/mol. The largest absolute Gasteiger partial charge is 0.324 e. The summed E-state index contributed by atoms with van der Waals surface area (Å²) in [5.41, 5.74) is 4.93. The summed E-state index contributed by atoms with van der Waals surface area (Å²) >= 11 is 0. The van der Waals surface area contributed by atoms with Crippen LogP contribution in [0.15, 0.2) is 17.0 Å². The summed E-state index contributed by atoms with van der Waals surface area (Å²) in [4.78, 5) is -0.578. The van der Waals surface area contributed by atoms with Crippen molar-refractivity contribution >= 4 is 10.0 Å². The number of nitrogens with one attached hydrogen (secondary N) is 1. The van der Waals surface area contributed by atoms with Gasteiger partial charge in [-0.05, 0) is 32.4 Å². The van der Waals surface area contributed by atoms with Crippen molar-refractivity contribution < 1.29 is 17.2 Å². The third kappa shape index (κ3) is 3.72. The predicted octanol–water partition coefficient (Wildman–Crippen LogP) is 1.29. The molecule has 0 aromatic heterocycles. The van der Waals surface area contributed by atoms with E-state index in [4.69, 9.17) is 5.73 Å². The summed E-state index contributed by atoms with van der Waals surface area (Å²) < 4.78 is 52.4. The lowest BCUT2D eigenvalue weighted by Gasteiger charge is -2.19. The van der Waals surface area contributed by atoms with E-state index in [2.05, 4.69) is 4.72 Å². The molecule has 0 bridgehead atoms. The highest BCUT2D eigenvalue weighted by Crippen LogP contribution is 2.18. The van der Waals surface area contributed by atoms with Crippen molar-refractivity contribution in [3.63, 3.8) is 0 Å². The van der Waals surface area contributed by atoms with Gasteiger partial charge in [0.15, 0.2) is 0 Å². The molecule has 1 aromatic rings. The van der Waals surface area contributed by atoms with E-state index in [1.807, 2.05) is 0 Å². The van der Waals surface area contributed by atoms with Gasteiger partial charge in [-0.15, -0.1) is 0 Å².